The van der Waals surface area contributed by atoms with Crippen LogP contribution in [0.4, 0.5) is 0 Å². The lowest BCUT2D eigenvalue weighted by Crippen LogP contribution is -2.46. The van der Waals surface area contributed by atoms with Crippen LogP contribution in [0.1, 0.15) is 32.1 Å². The van der Waals surface area contributed by atoms with Crippen LogP contribution in [0.5, 0.6) is 0 Å². The lowest BCUT2D eigenvalue weighted by atomic mass is 10.0. The third kappa shape index (κ3) is 2.54. The molecule has 0 radical (unpaired) electrons. The van der Waals surface area contributed by atoms with E-state index in [-0.39, 0.29) is 0 Å². The van der Waals surface area contributed by atoms with E-state index in [1.807, 2.05) is 7.11 Å². The van der Waals surface area contributed by atoms with Crippen molar-refractivity contribution < 1.29 is 9.53 Å². The highest BCUT2D eigenvalue weighted by Gasteiger charge is 2.36. The molecule has 4 heteroatoms. The van der Waals surface area contributed by atoms with E-state index in [2.05, 4.69) is 9.80 Å². The second-order valence-corrected chi connectivity index (χ2v) is 5.97. The number of amides is 1. The van der Waals surface area contributed by atoms with Gasteiger partial charge in [-0.05, 0) is 32.1 Å². The Morgan fingerprint density at radius 2 is 1.78 bits per heavy atom. The van der Waals surface area contributed by atoms with Crippen LogP contribution < -0.4 is 0 Å². The zero-order valence-electron chi connectivity index (χ0n) is 11.3. The summed E-state index contributed by atoms with van der Waals surface area (Å²) in [4.78, 5) is 16.6. The molecule has 102 valence electrons. The number of hydrogen-bond acceptors (Lipinski definition) is 3. The van der Waals surface area contributed by atoms with Crippen molar-refractivity contribution in [2.75, 3.05) is 33.3 Å². The van der Waals surface area contributed by atoms with Crippen molar-refractivity contribution in [2.45, 2.75) is 44.2 Å². The molecule has 0 bridgehead atoms. The predicted octanol–water partition coefficient (Wildman–Crippen LogP) is 1.11. The second-order valence-electron chi connectivity index (χ2n) is 5.97. The topological polar surface area (TPSA) is 32.8 Å². The van der Waals surface area contributed by atoms with Crippen LogP contribution in [0.2, 0.25) is 0 Å². The SMILES string of the molecule is COC1CCN(C2CCN(C(=O)C3CC3)CC2)C1. The third-order valence-electron chi connectivity index (χ3n) is 4.73. The Hall–Kier alpha value is -0.610. The van der Waals surface area contributed by atoms with Crippen LogP contribution in [-0.4, -0.2) is 61.1 Å². The molecule has 0 aromatic rings. The first-order valence-corrected chi connectivity index (χ1v) is 7.33. The van der Waals surface area contributed by atoms with E-state index in [0.29, 0.717) is 24.0 Å². The fraction of sp³-hybridized carbons (Fsp3) is 0.929. The highest BCUT2D eigenvalue weighted by Crippen LogP contribution is 2.32. The maximum atomic E-state index is 12.0. The fourth-order valence-electron chi connectivity index (χ4n) is 3.32. The van der Waals surface area contributed by atoms with E-state index >= 15 is 0 Å². The molecule has 3 fully saturated rings. The first kappa shape index (κ1) is 12.4. The minimum Gasteiger partial charge on any atom is -0.380 e. The van der Waals surface area contributed by atoms with E-state index in [9.17, 15) is 4.79 Å². The van der Waals surface area contributed by atoms with Gasteiger partial charge in [0.15, 0.2) is 0 Å². The number of likely N-dealkylation sites (tertiary alicyclic amines) is 2. The molecule has 0 aromatic carbocycles. The molecule has 4 nitrogen and oxygen atoms in total. The van der Waals surface area contributed by atoms with E-state index in [0.717, 1.165) is 51.7 Å². The molecule has 1 atom stereocenters. The smallest absolute Gasteiger partial charge is 0.225 e. The lowest BCUT2D eigenvalue weighted by molar-refractivity contribution is -0.134. The minimum absolute atomic E-state index is 0.381. The number of rotatable bonds is 3. The summed E-state index contributed by atoms with van der Waals surface area (Å²) in [6.07, 6.45) is 6.14. The summed E-state index contributed by atoms with van der Waals surface area (Å²) in [6, 6.07) is 0.674. The first-order chi connectivity index (χ1) is 8.78. The van der Waals surface area contributed by atoms with Gasteiger partial charge in [-0.3, -0.25) is 9.69 Å². The summed E-state index contributed by atoms with van der Waals surface area (Å²) in [6.45, 7) is 4.18. The number of hydrogen-bond donors (Lipinski definition) is 0. The number of piperidine rings is 1. The zero-order chi connectivity index (χ0) is 12.5. The van der Waals surface area contributed by atoms with Gasteiger partial charge in [-0.25, -0.2) is 0 Å². The average Bonchev–Trinajstić information content (AvgIpc) is 3.16. The summed E-state index contributed by atoms with van der Waals surface area (Å²) in [5.41, 5.74) is 0. The molecule has 2 heterocycles. The Balaban J connectivity index is 1.46. The molecule has 18 heavy (non-hydrogen) atoms. The molecule has 3 aliphatic rings. The van der Waals surface area contributed by atoms with E-state index in [4.69, 9.17) is 4.74 Å². The number of carbonyl (C=O) groups is 1. The van der Waals surface area contributed by atoms with Gasteiger partial charge in [0.25, 0.3) is 0 Å². The number of methoxy groups -OCH3 is 1. The maximum Gasteiger partial charge on any atom is 0.225 e. The van der Waals surface area contributed by atoms with Crippen LogP contribution in [0.15, 0.2) is 0 Å². The van der Waals surface area contributed by atoms with Crippen molar-refractivity contribution in [3.63, 3.8) is 0 Å². The number of carbonyl (C=O) groups excluding carboxylic acids is 1. The molecule has 2 saturated heterocycles. The summed E-state index contributed by atoms with van der Waals surface area (Å²) < 4.78 is 5.43. The van der Waals surface area contributed by atoms with Gasteiger partial charge in [-0.1, -0.05) is 0 Å². The molecule has 0 N–H and O–H groups in total. The van der Waals surface area contributed by atoms with E-state index < -0.39 is 0 Å². The van der Waals surface area contributed by atoms with Crippen molar-refractivity contribution in [3.05, 3.63) is 0 Å². The van der Waals surface area contributed by atoms with Gasteiger partial charge < -0.3 is 9.64 Å². The van der Waals surface area contributed by atoms with Crippen LogP contribution in [0, 0.1) is 5.92 Å². The molecule has 1 amide bonds. The minimum atomic E-state index is 0.381. The van der Waals surface area contributed by atoms with Crippen LogP contribution in [0.3, 0.4) is 0 Å². The molecule has 3 rings (SSSR count). The van der Waals surface area contributed by atoms with Gasteiger partial charge in [0.2, 0.25) is 5.91 Å². The predicted molar refractivity (Wildman–Crippen MR) is 69.3 cm³/mol. The first-order valence-electron chi connectivity index (χ1n) is 7.33. The number of nitrogens with zero attached hydrogens (tertiary/aromatic N) is 2. The van der Waals surface area contributed by atoms with Crippen LogP contribution in [0.25, 0.3) is 0 Å². The Morgan fingerprint density at radius 1 is 1.06 bits per heavy atom. The molecule has 1 saturated carbocycles. The summed E-state index contributed by atoms with van der Waals surface area (Å²) >= 11 is 0. The Morgan fingerprint density at radius 3 is 2.33 bits per heavy atom. The monoisotopic (exact) mass is 252 g/mol. The summed E-state index contributed by atoms with van der Waals surface area (Å²) in [5.74, 6) is 0.802. The molecular weight excluding hydrogens is 228 g/mol. The van der Waals surface area contributed by atoms with Crippen molar-refractivity contribution in [1.29, 1.82) is 0 Å². The van der Waals surface area contributed by atoms with Gasteiger partial charge in [0, 0.05) is 45.2 Å². The van der Waals surface area contributed by atoms with Crippen molar-refractivity contribution in [2.24, 2.45) is 5.92 Å². The average molecular weight is 252 g/mol. The molecule has 0 aromatic heterocycles. The van der Waals surface area contributed by atoms with Crippen molar-refractivity contribution >= 4 is 5.91 Å². The van der Waals surface area contributed by atoms with Crippen molar-refractivity contribution in [1.82, 2.24) is 9.80 Å². The van der Waals surface area contributed by atoms with Gasteiger partial charge in [-0.2, -0.15) is 0 Å². The summed E-state index contributed by atoms with van der Waals surface area (Å²) in [7, 11) is 1.81. The molecule has 1 unspecified atom stereocenters. The fourth-order valence-corrected chi connectivity index (χ4v) is 3.32. The Kier molecular flexibility index (Phi) is 3.57. The van der Waals surface area contributed by atoms with E-state index in [1.54, 1.807) is 0 Å². The summed E-state index contributed by atoms with van der Waals surface area (Å²) in [5, 5.41) is 0. The van der Waals surface area contributed by atoms with Crippen LogP contribution >= 0.6 is 0 Å². The van der Waals surface area contributed by atoms with Gasteiger partial charge in [0.05, 0.1) is 6.10 Å². The standard InChI is InChI=1S/C14H24N2O2/c1-18-13-6-9-16(10-13)12-4-7-15(8-5-12)14(17)11-2-3-11/h11-13H,2-10H2,1H3. The van der Waals surface area contributed by atoms with Crippen LogP contribution in [-0.2, 0) is 9.53 Å². The quantitative estimate of drug-likeness (QED) is 0.754. The molecule has 2 aliphatic heterocycles. The second kappa shape index (κ2) is 5.17. The lowest BCUT2D eigenvalue weighted by Gasteiger charge is -2.36. The molecule has 1 aliphatic carbocycles. The van der Waals surface area contributed by atoms with Gasteiger partial charge in [0.1, 0.15) is 0 Å². The highest BCUT2D eigenvalue weighted by atomic mass is 16.5. The molecular formula is C14H24N2O2. The Bertz CT molecular complexity index is 309. The Labute approximate surface area is 109 Å². The maximum absolute atomic E-state index is 12.0. The van der Waals surface area contributed by atoms with E-state index in [1.165, 1.54) is 6.54 Å². The normalized spacial score (nSPS) is 30.9. The zero-order valence-corrected chi connectivity index (χ0v) is 11.3. The third-order valence-corrected chi connectivity index (χ3v) is 4.73. The number of ether oxygens (including phenoxy) is 1. The van der Waals surface area contributed by atoms with Crippen molar-refractivity contribution in [3.8, 4) is 0 Å². The van der Waals surface area contributed by atoms with Gasteiger partial charge in [-0.15, -0.1) is 0 Å². The highest BCUT2D eigenvalue weighted by molar-refractivity contribution is 5.81. The molecule has 0 spiro atoms. The largest absolute Gasteiger partial charge is 0.380 e. The van der Waals surface area contributed by atoms with Gasteiger partial charge >= 0.3 is 0 Å².